The summed E-state index contributed by atoms with van der Waals surface area (Å²) in [6.07, 6.45) is 1.94. The second kappa shape index (κ2) is 7.93. The van der Waals surface area contributed by atoms with Gasteiger partial charge in [0, 0.05) is 30.7 Å². The number of halogens is 1. The van der Waals surface area contributed by atoms with Crippen LogP contribution in [-0.4, -0.2) is 46.4 Å². The zero-order valence-corrected chi connectivity index (χ0v) is 16.1. The van der Waals surface area contributed by atoms with Crippen LogP contribution < -0.4 is 10.2 Å². The Balaban J connectivity index is 1.48. The summed E-state index contributed by atoms with van der Waals surface area (Å²) >= 11 is 5.93. The average Bonchev–Trinajstić information content (AvgIpc) is 3.24. The lowest BCUT2D eigenvalue weighted by molar-refractivity contribution is 0.0957. The molecule has 9 heteroatoms. The Bertz CT molecular complexity index is 957. The van der Waals surface area contributed by atoms with Crippen LogP contribution in [-0.2, 0) is 0 Å². The van der Waals surface area contributed by atoms with Crippen molar-refractivity contribution in [1.29, 1.82) is 0 Å². The minimum atomic E-state index is -0.254. The smallest absolute Gasteiger partial charge is 0.271 e. The molecule has 1 aromatic carbocycles. The molecule has 1 N–H and O–H groups in total. The molecule has 1 atom stereocenters. The van der Waals surface area contributed by atoms with Crippen LogP contribution >= 0.6 is 11.6 Å². The van der Waals surface area contributed by atoms with E-state index in [2.05, 4.69) is 30.6 Å². The summed E-state index contributed by atoms with van der Waals surface area (Å²) in [7, 11) is 1.57. The maximum atomic E-state index is 11.6. The van der Waals surface area contributed by atoms with Crippen LogP contribution in [0.4, 0.5) is 5.82 Å². The first-order valence-corrected chi connectivity index (χ1v) is 9.42. The number of hydrogen-bond donors (Lipinski definition) is 1. The quantitative estimate of drug-likeness (QED) is 0.721. The van der Waals surface area contributed by atoms with Gasteiger partial charge in [0.2, 0.25) is 11.7 Å². The van der Waals surface area contributed by atoms with Gasteiger partial charge in [-0.2, -0.15) is 4.98 Å². The number of nitrogens with one attached hydrogen (secondary N) is 1. The molecule has 3 aromatic rings. The third-order valence-electron chi connectivity index (χ3n) is 4.75. The molecule has 1 fully saturated rings. The van der Waals surface area contributed by atoms with Crippen LogP contribution in [0, 0.1) is 0 Å². The minimum absolute atomic E-state index is 0.114. The molecule has 1 aliphatic rings. The van der Waals surface area contributed by atoms with Gasteiger partial charge in [0.1, 0.15) is 0 Å². The fraction of sp³-hybridized carbons (Fsp3) is 0.316. The Labute approximate surface area is 166 Å². The van der Waals surface area contributed by atoms with Gasteiger partial charge in [-0.1, -0.05) is 16.8 Å². The van der Waals surface area contributed by atoms with Gasteiger partial charge in [-0.25, -0.2) is 0 Å². The van der Waals surface area contributed by atoms with E-state index in [1.807, 2.05) is 18.2 Å². The van der Waals surface area contributed by atoms with E-state index in [1.165, 1.54) is 0 Å². The third-order valence-corrected chi connectivity index (χ3v) is 5.00. The van der Waals surface area contributed by atoms with Crippen molar-refractivity contribution >= 4 is 23.3 Å². The summed E-state index contributed by atoms with van der Waals surface area (Å²) in [5.41, 5.74) is 1.16. The van der Waals surface area contributed by atoms with Crippen molar-refractivity contribution < 1.29 is 9.32 Å². The minimum Gasteiger partial charge on any atom is -0.354 e. The number of carbonyl (C=O) groups is 1. The molecule has 4 rings (SSSR count). The molecule has 0 radical (unpaired) electrons. The molecule has 144 valence electrons. The third kappa shape index (κ3) is 3.82. The monoisotopic (exact) mass is 398 g/mol. The predicted molar refractivity (Wildman–Crippen MR) is 104 cm³/mol. The molecule has 1 aliphatic heterocycles. The topological polar surface area (TPSA) is 97.0 Å². The predicted octanol–water partition coefficient (Wildman–Crippen LogP) is 2.92. The zero-order valence-electron chi connectivity index (χ0n) is 15.3. The van der Waals surface area contributed by atoms with Crippen molar-refractivity contribution in [3.05, 3.63) is 53.0 Å². The molecule has 0 spiro atoms. The Kier molecular flexibility index (Phi) is 5.21. The molecule has 1 amide bonds. The molecule has 0 aliphatic carbocycles. The highest BCUT2D eigenvalue weighted by Crippen LogP contribution is 2.29. The number of anilines is 1. The Morgan fingerprint density at radius 3 is 2.75 bits per heavy atom. The van der Waals surface area contributed by atoms with Crippen molar-refractivity contribution in [3.8, 4) is 11.4 Å². The van der Waals surface area contributed by atoms with Crippen molar-refractivity contribution in [3.63, 3.8) is 0 Å². The number of nitrogens with zero attached hydrogens (tertiary/aromatic N) is 5. The molecule has 3 heterocycles. The van der Waals surface area contributed by atoms with E-state index in [-0.39, 0.29) is 11.8 Å². The number of aromatic nitrogens is 4. The first kappa shape index (κ1) is 18.4. The maximum Gasteiger partial charge on any atom is 0.271 e. The summed E-state index contributed by atoms with van der Waals surface area (Å²) < 4.78 is 5.53. The average molecular weight is 399 g/mol. The number of rotatable bonds is 4. The van der Waals surface area contributed by atoms with Gasteiger partial charge in [0.05, 0.1) is 5.92 Å². The van der Waals surface area contributed by atoms with Crippen molar-refractivity contribution in [2.75, 3.05) is 25.0 Å². The molecular formula is C19H19ClN6O2. The zero-order chi connectivity index (χ0) is 19.5. The van der Waals surface area contributed by atoms with E-state index in [1.54, 1.807) is 25.2 Å². The van der Waals surface area contributed by atoms with Crippen molar-refractivity contribution in [1.82, 2.24) is 25.7 Å². The highest BCUT2D eigenvalue weighted by Gasteiger charge is 2.27. The second-order valence-corrected chi connectivity index (χ2v) is 7.04. The van der Waals surface area contributed by atoms with Crippen molar-refractivity contribution in [2.24, 2.45) is 0 Å². The molecule has 8 nitrogen and oxygen atoms in total. The summed E-state index contributed by atoms with van der Waals surface area (Å²) in [6.45, 7) is 1.57. The fourth-order valence-electron chi connectivity index (χ4n) is 3.25. The lowest BCUT2D eigenvalue weighted by Gasteiger charge is -2.31. The fourth-order valence-corrected chi connectivity index (χ4v) is 3.37. The van der Waals surface area contributed by atoms with E-state index in [0.717, 1.165) is 30.8 Å². The first-order chi connectivity index (χ1) is 13.6. The van der Waals surface area contributed by atoms with E-state index in [9.17, 15) is 4.79 Å². The van der Waals surface area contributed by atoms with Gasteiger partial charge in [0.15, 0.2) is 11.5 Å². The lowest BCUT2D eigenvalue weighted by atomic mass is 9.98. The van der Waals surface area contributed by atoms with Crippen LogP contribution in [0.3, 0.4) is 0 Å². The summed E-state index contributed by atoms with van der Waals surface area (Å²) in [6, 6.07) is 10.8. The standard InChI is InChI=1S/C19H19ClN6O2/c1-21-18(27)15-8-9-16(24-23-15)26-10-2-3-13(11-26)19-22-17(25-28-19)12-4-6-14(20)7-5-12/h4-9,13H,2-3,10-11H2,1H3,(H,21,27). The summed E-state index contributed by atoms with van der Waals surface area (Å²) in [5, 5.41) is 15.5. The normalized spacial score (nSPS) is 16.8. The lowest BCUT2D eigenvalue weighted by Crippen LogP contribution is -2.35. The van der Waals surface area contributed by atoms with Crippen LogP contribution in [0.15, 0.2) is 40.9 Å². The highest BCUT2D eigenvalue weighted by atomic mass is 35.5. The largest absolute Gasteiger partial charge is 0.354 e. The van der Waals surface area contributed by atoms with Crippen LogP contribution in [0.5, 0.6) is 0 Å². The number of piperidine rings is 1. The van der Waals surface area contributed by atoms with Crippen LogP contribution in [0.2, 0.25) is 5.02 Å². The first-order valence-electron chi connectivity index (χ1n) is 9.04. The Morgan fingerprint density at radius 1 is 1.21 bits per heavy atom. The van der Waals surface area contributed by atoms with Crippen LogP contribution in [0.25, 0.3) is 11.4 Å². The summed E-state index contributed by atoms with van der Waals surface area (Å²) in [5.74, 6) is 1.76. The molecule has 28 heavy (non-hydrogen) atoms. The SMILES string of the molecule is CNC(=O)c1ccc(N2CCCC(c3nc(-c4ccc(Cl)cc4)no3)C2)nn1. The van der Waals surface area contributed by atoms with E-state index in [4.69, 9.17) is 16.1 Å². The van der Waals surface area contributed by atoms with E-state index in [0.29, 0.717) is 29.0 Å². The number of carbonyl (C=O) groups excluding carboxylic acids is 1. The van der Waals surface area contributed by atoms with Gasteiger partial charge in [-0.3, -0.25) is 4.79 Å². The van der Waals surface area contributed by atoms with Gasteiger partial charge in [-0.05, 0) is 49.2 Å². The van der Waals surface area contributed by atoms with Gasteiger partial charge in [-0.15, -0.1) is 10.2 Å². The van der Waals surface area contributed by atoms with Gasteiger partial charge in [0.25, 0.3) is 5.91 Å². The highest BCUT2D eigenvalue weighted by molar-refractivity contribution is 6.30. The summed E-state index contributed by atoms with van der Waals surface area (Å²) in [4.78, 5) is 18.3. The van der Waals surface area contributed by atoms with E-state index < -0.39 is 0 Å². The maximum absolute atomic E-state index is 11.6. The number of benzene rings is 1. The Morgan fingerprint density at radius 2 is 2.04 bits per heavy atom. The van der Waals surface area contributed by atoms with E-state index >= 15 is 0 Å². The number of hydrogen-bond acceptors (Lipinski definition) is 7. The van der Waals surface area contributed by atoms with Crippen molar-refractivity contribution in [2.45, 2.75) is 18.8 Å². The molecule has 0 saturated carbocycles. The van der Waals surface area contributed by atoms with Gasteiger partial charge < -0.3 is 14.7 Å². The molecule has 1 saturated heterocycles. The second-order valence-electron chi connectivity index (χ2n) is 6.60. The molecule has 2 aromatic heterocycles. The molecule has 1 unspecified atom stereocenters. The number of amides is 1. The molecular weight excluding hydrogens is 380 g/mol. The van der Waals surface area contributed by atoms with Gasteiger partial charge >= 0.3 is 0 Å². The Hall–Kier alpha value is -3.00. The molecule has 0 bridgehead atoms. The van der Waals surface area contributed by atoms with Crippen LogP contribution in [0.1, 0.15) is 35.1 Å².